The van der Waals surface area contributed by atoms with Crippen molar-refractivity contribution in [2.45, 2.75) is 12.6 Å². The first-order valence-corrected chi connectivity index (χ1v) is 8.01. The Bertz CT molecular complexity index is 827. The lowest BCUT2D eigenvalue weighted by atomic mass is 10.2. The van der Waals surface area contributed by atoms with Crippen LogP contribution in [0.25, 0.3) is 0 Å². The number of halogens is 4. The molecule has 3 rings (SSSR count). The summed E-state index contributed by atoms with van der Waals surface area (Å²) < 4.78 is 48.6. The van der Waals surface area contributed by atoms with Crippen molar-refractivity contribution in [1.82, 2.24) is 0 Å². The summed E-state index contributed by atoms with van der Waals surface area (Å²) in [4.78, 5) is 12.0. The summed E-state index contributed by atoms with van der Waals surface area (Å²) in [5.41, 5.74) is -0.150. The van der Waals surface area contributed by atoms with Crippen molar-refractivity contribution in [2.75, 3.05) is 24.0 Å². The third-order valence-corrected chi connectivity index (χ3v) is 3.95. The average molecular weight is 387 g/mol. The smallest absolute Gasteiger partial charge is 0.416 e. The van der Waals surface area contributed by atoms with Crippen LogP contribution in [0, 0.1) is 0 Å². The zero-order valence-electron chi connectivity index (χ0n) is 13.3. The van der Waals surface area contributed by atoms with E-state index >= 15 is 0 Å². The standard InChI is InChI=1S/C17H14ClF3N2O3/c18-12-3-1-10(17(19,20)21)7-13(12)22-6-5-16(24)23-11-2-4-14-15(8-11)26-9-25-14/h1-4,7-8,22H,5-6,9H2,(H,23,24). The molecule has 9 heteroatoms. The maximum absolute atomic E-state index is 12.7. The van der Waals surface area contributed by atoms with Gasteiger partial charge in [0.05, 0.1) is 16.3 Å². The Kier molecular flexibility index (Phi) is 5.13. The maximum atomic E-state index is 12.7. The van der Waals surface area contributed by atoms with Crippen molar-refractivity contribution < 1.29 is 27.4 Å². The summed E-state index contributed by atoms with van der Waals surface area (Å²) in [5.74, 6) is 0.833. The quantitative estimate of drug-likeness (QED) is 0.792. The van der Waals surface area contributed by atoms with Crippen LogP contribution in [-0.4, -0.2) is 19.2 Å². The van der Waals surface area contributed by atoms with Gasteiger partial charge < -0.3 is 20.1 Å². The molecular weight excluding hydrogens is 373 g/mol. The van der Waals surface area contributed by atoms with Gasteiger partial charge in [0, 0.05) is 24.7 Å². The van der Waals surface area contributed by atoms with Gasteiger partial charge in [-0.2, -0.15) is 13.2 Å². The molecule has 0 saturated heterocycles. The number of carbonyl (C=O) groups excluding carboxylic acids is 1. The largest absolute Gasteiger partial charge is 0.454 e. The third-order valence-electron chi connectivity index (χ3n) is 3.62. The first-order valence-electron chi connectivity index (χ1n) is 7.63. The summed E-state index contributed by atoms with van der Waals surface area (Å²) in [6.07, 6.45) is -4.42. The number of hydrogen-bond acceptors (Lipinski definition) is 4. The molecule has 0 radical (unpaired) electrons. The topological polar surface area (TPSA) is 59.6 Å². The highest BCUT2D eigenvalue weighted by Gasteiger charge is 2.30. The minimum atomic E-state index is -4.46. The van der Waals surface area contributed by atoms with Crippen LogP contribution in [0.1, 0.15) is 12.0 Å². The Labute approximate surface area is 152 Å². The van der Waals surface area contributed by atoms with Crippen molar-refractivity contribution >= 4 is 28.9 Å². The number of anilines is 2. The lowest BCUT2D eigenvalue weighted by molar-refractivity contribution is -0.137. The molecule has 0 atom stereocenters. The highest BCUT2D eigenvalue weighted by Crippen LogP contribution is 2.35. The van der Waals surface area contributed by atoms with Crippen LogP contribution >= 0.6 is 11.6 Å². The highest BCUT2D eigenvalue weighted by atomic mass is 35.5. The second kappa shape index (κ2) is 7.33. The number of hydrogen-bond donors (Lipinski definition) is 2. The lowest BCUT2D eigenvalue weighted by Crippen LogP contribution is -2.16. The molecule has 0 saturated carbocycles. The molecule has 1 aliphatic rings. The number of nitrogens with one attached hydrogen (secondary N) is 2. The molecule has 0 aromatic heterocycles. The Morgan fingerprint density at radius 3 is 2.65 bits per heavy atom. The Balaban J connectivity index is 1.54. The van der Waals surface area contributed by atoms with Gasteiger partial charge in [-0.1, -0.05) is 11.6 Å². The normalized spacial score (nSPS) is 12.8. The van der Waals surface area contributed by atoms with E-state index in [1.165, 1.54) is 6.07 Å². The van der Waals surface area contributed by atoms with Crippen molar-refractivity contribution in [3.63, 3.8) is 0 Å². The maximum Gasteiger partial charge on any atom is 0.416 e. The Morgan fingerprint density at radius 1 is 1.12 bits per heavy atom. The van der Waals surface area contributed by atoms with Crippen LogP contribution < -0.4 is 20.1 Å². The van der Waals surface area contributed by atoms with Gasteiger partial charge in [-0.15, -0.1) is 0 Å². The van der Waals surface area contributed by atoms with E-state index < -0.39 is 11.7 Å². The van der Waals surface area contributed by atoms with E-state index in [0.29, 0.717) is 17.2 Å². The number of fused-ring (bicyclic) bond motifs is 1. The van der Waals surface area contributed by atoms with E-state index in [-0.39, 0.29) is 36.4 Å². The van der Waals surface area contributed by atoms with E-state index in [1.54, 1.807) is 18.2 Å². The van der Waals surface area contributed by atoms with Gasteiger partial charge in [0.15, 0.2) is 11.5 Å². The molecule has 2 aromatic carbocycles. The molecule has 0 aliphatic carbocycles. The van der Waals surface area contributed by atoms with Gasteiger partial charge in [0.25, 0.3) is 0 Å². The predicted molar refractivity (Wildman–Crippen MR) is 90.8 cm³/mol. The molecule has 1 heterocycles. The van der Waals surface area contributed by atoms with E-state index in [1.807, 2.05) is 0 Å². The fraction of sp³-hybridized carbons (Fsp3) is 0.235. The van der Waals surface area contributed by atoms with E-state index in [0.717, 1.165) is 12.1 Å². The number of alkyl halides is 3. The lowest BCUT2D eigenvalue weighted by Gasteiger charge is -2.12. The number of rotatable bonds is 5. The monoisotopic (exact) mass is 386 g/mol. The van der Waals surface area contributed by atoms with Gasteiger partial charge >= 0.3 is 6.18 Å². The average Bonchev–Trinajstić information content (AvgIpc) is 3.03. The highest BCUT2D eigenvalue weighted by molar-refractivity contribution is 6.33. The molecule has 26 heavy (non-hydrogen) atoms. The van der Waals surface area contributed by atoms with Gasteiger partial charge in [0.2, 0.25) is 12.7 Å². The number of ether oxygens (including phenoxy) is 2. The van der Waals surface area contributed by atoms with Gasteiger partial charge in [-0.25, -0.2) is 0 Å². The molecule has 2 N–H and O–H groups in total. The van der Waals surface area contributed by atoms with Crippen molar-refractivity contribution in [3.05, 3.63) is 47.0 Å². The first-order chi connectivity index (χ1) is 12.3. The summed E-state index contributed by atoms with van der Waals surface area (Å²) in [6.45, 7) is 0.256. The summed E-state index contributed by atoms with van der Waals surface area (Å²) in [7, 11) is 0. The van der Waals surface area contributed by atoms with Crippen LogP contribution in [0.2, 0.25) is 5.02 Å². The number of carbonyl (C=O) groups is 1. The molecule has 0 fully saturated rings. The minimum absolute atomic E-state index is 0.0427. The fourth-order valence-electron chi connectivity index (χ4n) is 2.35. The second-order valence-corrected chi connectivity index (χ2v) is 5.89. The Morgan fingerprint density at radius 2 is 1.88 bits per heavy atom. The van der Waals surface area contributed by atoms with Crippen molar-refractivity contribution in [1.29, 1.82) is 0 Å². The molecule has 5 nitrogen and oxygen atoms in total. The van der Waals surface area contributed by atoms with Crippen LogP contribution in [0.15, 0.2) is 36.4 Å². The van der Waals surface area contributed by atoms with Crippen LogP contribution in [0.4, 0.5) is 24.5 Å². The SMILES string of the molecule is O=C(CCNc1cc(C(F)(F)F)ccc1Cl)Nc1ccc2c(c1)OCO2. The van der Waals surface area contributed by atoms with E-state index in [4.69, 9.17) is 21.1 Å². The van der Waals surface area contributed by atoms with Gasteiger partial charge in [0.1, 0.15) is 0 Å². The molecule has 138 valence electrons. The minimum Gasteiger partial charge on any atom is -0.454 e. The summed E-state index contributed by atoms with van der Waals surface area (Å²) in [6, 6.07) is 7.97. The number of amides is 1. The van der Waals surface area contributed by atoms with Gasteiger partial charge in [-0.05, 0) is 30.3 Å². The van der Waals surface area contributed by atoms with Crippen LogP contribution in [-0.2, 0) is 11.0 Å². The van der Waals surface area contributed by atoms with Crippen molar-refractivity contribution in [3.8, 4) is 11.5 Å². The zero-order valence-corrected chi connectivity index (χ0v) is 14.1. The molecule has 0 bridgehead atoms. The Hall–Kier alpha value is -2.61. The van der Waals surface area contributed by atoms with Crippen LogP contribution in [0.3, 0.4) is 0 Å². The number of benzene rings is 2. The van der Waals surface area contributed by atoms with E-state index in [9.17, 15) is 18.0 Å². The van der Waals surface area contributed by atoms with Crippen molar-refractivity contribution in [2.24, 2.45) is 0 Å². The molecule has 0 spiro atoms. The molecule has 1 amide bonds. The molecule has 2 aromatic rings. The fourth-order valence-corrected chi connectivity index (χ4v) is 2.53. The van der Waals surface area contributed by atoms with Gasteiger partial charge in [-0.3, -0.25) is 4.79 Å². The molecule has 0 unspecified atom stereocenters. The summed E-state index contributed by atoms with van der Waals surface area (Å²) >= 11 is 5.89. The first kappa shape index (κ1) is 18.2. The summed E-state index contributed by atoms with van der Waals surface area (Å²) in [5, 5.41) is 5.57. The molecular formula is C17H14ClF3N2O3. The molecule has 1 aliphatic heterocycles. The zero-order chi connectivity index (χ0) is 18.7. The third kappa shape index (κ3) is 4.32. The second-order valence-electron chi connectivity index (χ2n) is 5.49. The predicted octanol–water partition coefficient (Wildman–Crippen LogP) is 4.53. The van der Waals surface area contributed by atoms with Crippen LogP contribution in [0.5, 0.6) is 11.5 Å². The van der Waals surface area contributed by atoms with E-state index in [2.05, 4.69) is 10.6 Å².